The molecule has 2 N–H and O–H groups in total. The van der Waals surface area contributed by atoms with Crippen LogP contribution in [0.2, 0.25) is 0 Å². The van der Waals surface area contributed by atoms with Crippen molar-refractivity contribution in [2.24, 2.45) is 5.73 Å². The fourth-order valence-corrected chi connectivity index (χ4v) is 1.54. The van der Waals surface area contributed by atoms with Crippen LogP contribution in [-0.4, -0.2) is 0 Å². The topological polar surface area (TPSA) is 48.4 Å². The van der Waals surface area contributed by atoms with Crippen LogP contribution in [0.25, 0.3) is 0 Å². The summed E-state index contributed by atoms with van der Waals surface area (Å²) in [5, 5.41) is 0. The van der Waals surface area contributed by atoms with Crippen LogP contribution in [0.1, 0.15) is 16.9 Å². The van der Waals surface area contributed by atoms with E-state index < -0.39 is 0 Å². The van der Waals surface area contributed by atoms with Gasteiger partial charge in [-0.25, -0.2) is 4.39 Å². The summed E-state index contributed by atoms with van der Waals surface area (Å²) in [5.74, 6) is 0.481. The highest BCUT2D eigenvalue weighted by Gasteiger charge is 2.08. The number of halogens is 1. The molecule has 0 aliphatic carbocycles. The number of nitrogens with two attached hydrogens (primary N) is 1. The molecule has 0 saturated heterocycles. The van der Waals surface area contributed by atoms with Crippen molar-refractivity contribution in [3.8, 4) is 5.75 Å². The lowest BCUT2D eigenvalue weighted by Gasteiger charge is -2.07. The second-order valence-electron chi connectivity index (χ2n) is 3.80. The highest BCUT2D eigenvalue weighted by atomic mass is 19.1. The Labute approximate surface area is 99.0 Å². The Hall–Kier alpha value is -1.81. The molecule has 3 nitrogen and oxygen atoms in total. The van der Waals surface area contributed by atoms with Gasteiger partial charge in [0.05, 0.1) is 6.26 Å². The first-order chi connectivity index (χ1) is 8.20. The first kappa shape index (κ1) is 11.7. The Kier molecular flexibility index (Phi) is 3.44. The molecule has 17 heavy (non-hydrogen) atoms. The Bertz CT molecular complexity index is 508. The molecule has 0 aliphatic rings. The zero-order valence-electron chi connectivity index (χ0n) is 9.57. The van der Waals surface area contributed by atoms with Gasteiger partial charge in [-0.15, -0.1) is 0 Å². The van der Waals surface area contributed by atoms with E-state index in [-0.39, 0.29) is 18.2 Å². The average molecular weight is 235 g/mol. The molecule has 2 rings (SSSR count). The van der Waals surface area contributed by atoms with E-state index in [2.05, 4.69) is 0 Å². The van der Waals surface area contributed by atoms with Crippen LogP contribution >= 0.6 is 0 Å². The van der Waals surface area contributed by atoms with Crippen molar-refractivity contribution < 1.29 is 13.5 Å². The molecule has 0 unspecified atom stereocenters. The van der Waals surface area contributed by atoms with Crippen LogP contribution in [0.3, 0.4) is 0 Å². The van der Waals surface area contributed by atoms with Crippen molar-refractivity contribution in [2.75, 3.05) is 0 Å². The summed E-state index contributed by atoms with van der Waals surface area (Å²) in [4.78, 5) is 0. The van der Waals surface area contributed by atoms with Crippen LogP contribution in [0.5, 0.6) is 5.75 Å². The highest BCUT2D eigenvalue weighted by molar-refractivity contribution is 5.29. The van der Waals surface area contributed by atoms with E-state index in [0.717, 1.165) is 11.1 Å². The Morgan fingerprint density at radius 2 is 2.18 bits per heavy atom. The zero-order chi connectivity index (χ0) is 12.3. The van der Waals surface area contributed by atoms with Crippen LogP contribution in [0.4, 0.5) is 4.39 Å². The van der Waals surface area contributed by atoms with E-state index in [9.17, 15) is 4.39 Å². The van der Waals surface area contributed by atoms with Gasteiger partial charge in [-0.3, -0.25) is 0 Å². The van der Waals surface area contributed by atoms with Crippen molar-refractivity contribution in [1.29, 1.82) is 0 Å². The largest absolute Gasteiger partial charge is 0.483 e. The number of hydrogen-bond donors (Lipinski definition) is 1. The van der Waals surface area contributed by atoms with Gasteiger partial charge in [0.15, 0.2) is 11.6 Å². The van der Waals surface area contributed by atoms with E-state index in [4.69, 9.17) is 14.9 Å². The van der Waals surface area contributed by atoms with Crippen molar-refractivity contribution in [2.45, 2.75) is 20.1 Å². The summed E-state index contributed by atoms with van der Waals surface area (Å²) in [6.45, 7) is 2.44. The average Bonchev–Trinajstić information content (AvgIpc) is 2.77. The molecule has 90 valence electrons. The van der Waals surface area contributed by atoms with Crippen LogP contribution < -0.4 is 10.5 Å². The monoisotopic (exact) mass is 235 g/mol. The van der Waals surface area contributed by atoms with E-state index in [1.807, 2.05) is 6.92 Å². The maximum absolute atomic E-state index is 13.4. The highest BCUT2D eigenvalue weighted by Crippen LogP contribution is 2.20. The second kappa shape index (κ2) is 5.01. The van der Waals surface area contributed by atoms with Crippen LogP contribution in [0, 0.1) is 12.7 Å². The van der Waals surface area contributed by atoms with E-state index >= 15 is 0 Å². The molecule has 4 heteroatoms. The summed E-state index contributed by atoms with van der Waals surface area (Å²) in [5.41, 5.74) is 7.35. The molecule has 0 spiro atoms. The lowest BCUT2D eigenvalue weighted by molar-refractivity contribution is 0.257. The van der Waals surface area contributed by atoms with Gasteiger partial charge in [-0.1, -0.05) is 6.07 Å². The third-order valence-corrected chi connectivity index (χ3v) is 2.50. The number of rotatable bonds is 4. The number of hydrogen-bond acceptors (Lipinski definition) is 3. The molecule has 0 bridgehead atoms. The quantitative estimate of drug-likeness (QED) is 0.886. The summed E-state index contributed by atoms with van der Waals surface area (Å²) >= 11 is 0. The number of aryl methyl sites for hydroxylation is 1. The second-order valence-corrected chi connectivity index (χ2v) is 3.80. The molecule has 1 heterocycles. The van der Waals surface area contributed by atoms with E-state index in [1.54, 1.807) is 24.5 Å². The van der Waals surface area contributed by atoms with Gasteiger partial charge in [-0.05, 0) is 30.7 Å². The molecule has 0 radical (unpaired) electrons. The van der Waals surface area contributed by atoms with Gasteiger partial charge in [0.25, 0.3) is 0 Å². The molecule has 1 aromatic heterocycles. The summed E-state index contributed by atoms with van der Waals surface area (Å²) < 4.78 is 24.0. The summed E-state index contributed by atoms with van der Waals surface area (Å²) in [6.07, 6.45) is 1.55. The molecule has 0 aliphatic heterocycles. The van der Waals surface area contributed by atoms with Crippen LogP contribution in [0.15, 0.2) is 34.9 Å². The van der Waals surface area contributed by atoms with Gasteiger partial charge in [0.2, 0.25) is 0 Å². The first-order valence-electron chi connectivity index (χ1n) is 5.35. The molecule has 1 aromatic carbocycles. The molecule has 0 saturated carbocycles. The fraction of sp³-hybridized carbons (Fsp3) is 0.231. The molecule has 2 aromatic rings. The molecule has 0 amide bonds. The number of ether oxygens (including phenoxy) is 1. The predicted octanol–water partition coefficient (Wildman–Crippen LogP) is 2.76. The van der Waals surface area contributed by atoms with Crippen molar-refractivity contribution in [1.82, 2.24) is 0 Å². The van der Waals surface area contributed by atoms with Gasteiger partial charge in [0, 0.05) is 12.1 Å². The third-order valence-electron chi connectivity index (χ3n) is 2.50. The van der Waals surface area contributed by atoms with Crippen molar-refractivity contribution >= 4 is 0 Å². The molecule has 0 fully saturated rings. The maximum atomic E-state index is 13.4. The number of furan rings is 1. The Balaban J connectivity index is 2.09. The lowest BCUT2D eigenvalue weighted by atomic mass is 10.2. The third kappa shape index (κ3) is 2.65. The van der Waals surface area contributed by atoms with Gasteiger partial charge >= 0.3 is 0 Å². The van der Waals surface area contributed by atoms with Gasteiger partial charge in [0.1, 0.15) is 12.4 Å². The number of benzene rings is 1. The summed E-state index contributed by atoms with van der Waals surface area (Å²) in [6, 6.07) is 6.52. The van der Waals surface area contributed by atoms with Crippen LogP contribution in [-0.2, 0) is 13.2 Å². The van der Waals surface area contributed by atoms with Crippen molar-refractivity contribution in [3.63, 3.8) is 0 Å². The van der Waals surface area contributed by atoms with Gasteiger partial charge in [-0.2, -0.15) is 0 Å². The van der Waals surface area contributed by atoms with Crippen molar-refractivity contribution in [3.05, 3.63) is 53.2 Å². The maximum Gasteiger partial charge on any atom is 0.165 e. The predicted molar refractivity (Wildman–Crippen MR) is 62.1 cm³/mol. The standard InChI is InChI=1S/C13H14FNO2/c1-9-2-3-11(14)12(6-9)17-8-13-10(7-15)4-5-16-13/h2-6H,7-8,15H2,1H3. The lowest BCUT2D eigenvalue weighted by Crippen LogP contribution is -2.02. The first-order valence-corrected chi connectivity index (χ1v) is 5.35. The molecular weight excluding hydrogens is 221 g/mol. The minimum atomic E-state index is -0.378. The normalized spacial score (nSPS) is 10.5. The van der Waals surface area contributed by atoms with E-state index in [0.29, 0.717) is 12.3 Å². The van der Waals surface area contributed by atoms with Gasteiger partial charge < -0.3 is 14.9 Å². The Morgan fingerprint density at radius 3 is 2.94 bits per heavy atom. The molecule has 0 atom stereocenters. The SMILES string of the molecule is Cc1ccc(F)c(OCc2occc2CN)c1. The smallest absolute Gasteiger partial charge is 0.165 e. The molecular formula is C13H14FNO2. The minimum absolute atomic E-state index is 0.180. The minimum Gasteiger partial charge on any atom is -0.483 e. The van der Waals surface area contributed by atoms with E-state index in [1.165, 1.54) is 6.07 Å². The zero-order valence-corrected chi connectivity index (χ0v) is 9.57. The Morgan fingerprint density at radius 1 is 1.35 bits per heavy atom. The summed E-state index contributed by atoms with van der Waals surface area (Å²) in [7, 11) is 0. The fourth-order valence-electron chi connectivity index (χ4n) is 1.54.